The van der Waals surface area contributed by atoms with Gasteiger partial charge in [0.05, 0.1) is 6.61 Å². The van der Waals surface area contributed by atoms with Crippen molar-refractivity contribution < 1.29 is 24.1 Å². The highest BCUT2D eigenvalue weighted by atomic mass is 16.5. The van der Waals surface area contributed by atoms with E-state index in [0.717, 1.165) is 47.5 Å². The molecular formula is C32H32O5. The van der Waals surface area contributed by atoms with Gasteiger partial charge in [0.1, 0.15) is 24.2 Å². The van der Waals surface area contributed by atoms with Gasteiger partial charge in [-0.1, -0.05) is 78.9 Å². The minimum Gasteiger partial charge on any atom is -0.494 e. The maximum absolute atomic E-state index is 11.8. The molecule has 1 N–H and O–H groups in total. The quantitative estimate of drug-likeness (QED) is 0.329. The number of carboxylic acids is 1. The molecule has 0 saturated carbocycles. The predicted molar refractivity (Wildman–Crippen MR) is 142 cm³/mol. The van der Waals surface area contributed by atoms with E-state index in [1.807, 2.05) is 66.7 Å². The molecule has 0 spiro atoms. The molecule has 2 aliphatic rings. The van der Waals surface area contributed by atoms with E-state index < -0.39 is 12.1 Å². The first-order chi connectivity index (χ1) is 18.1. The van der Waals surface area contributed by atoms with Gasteiger partial charge in [0.2, 0.25) is 0 Å². The Labute approximate surface area is 218 Å². The normalized spacial score (nSPS) is 19.2. The molecule has 3 unspecified atom stereocenters. The van der Waals surface area contributed by atoms with Crippen LogP contribution in [0.1, 0.15) is 36.0 Å². The SMILES string of the molecule is O=C(O)C(CC1=CCC2CC(Cc3ccc(OCc4ccccc4)cc3)OC2=C1)OCc1ccccc1. The number of carbonyl (C=O) groups is 1. The summed E-state index contributed by atoms with van der Waals surface area (Å²) in [6.45, 7) is 0.829. The van der Waals surface area contributed by atoms with Crippen LogP contribution in [0.3, 0.4) is 0 Å². The number of hydrogen-bond acceptors (Lipinski definition) is 4. The molecule has 0 bridgehead atoms. The molecule has 0 aromatic heterocycles. The van der Waals surface area contributed by atoms with Crippen LogP contribution in [0.15, 0.2) is 108 Å². The molecule has 190 valence electrons. The number of carboxylic acid groups (broad SMARTS) is 1. The molecule has 37 heavy (non-hydrogen) atoms. The van der Waals surface area contributed by atoms with Gasteiger partial charge in [-0.3, -0.25) is 0 Å². The zero-order valence-corrected chi connectivity index (χ0v) is 20.8. The Bertz CT molecular complexity index is 1230. The van der Waals surface area contributed by atoms with E-state index in [2.05, 4.69) is 30.3 Å². The van der Waals surface area contributed by atoms with Gasteiger partial charge in [0, 0.05) is 18.8 Å². The molecule has 1 fully saturated rings. The van der Waals surface area contributed by atoms with Crippen LogP contribution >= 0.6 is 0 Å². The van der Waals surface area contributed by atoms with Crippen LogP contribution < -0.4 is 4.74 Å². The van der Waals surface area contributed by atoms with E-state index in [9.17, 15) is 9.90 Å². The molecule has 1 heterocycles. The van der Waals surface area contributed by atoms with E-state index >= 15 is 0 Å². The third kappa shape index (κ3) is 6.89. The highest BCUT2D eigenvalue weighted by molar-refractivity contribution is 5.73. The number of fused-ring (bicyclic) bond motifs is 1. The van der Waals surface area contributed by atoms with Crippen molar-refractivity contribution in [1.29, 1.82) is 0 Å². The van der Waals surface area contributed by atoms with Gasteiger partial charge in [0.25, 0.3) is 0 Å². The molecule has 0 amide bonds. The van der Waals surface area contributed by atoms with E-state index in [1.165, 1.54) is 5.56 Å². The molecule has 3 aromatic rings. The van der Waals surface area contributed by atoms with E-state index in [-0.39, 0.29) is 12.7 Å². The summed E-state index contributed by atoms with van der Waals surface area (Å²) in [4.78, 5) is 11.8. The standard InChI is InChI=1S/C32H32O5/c33-32(34)31(36-22-25-9-5-2-6-10-25)19-26-11-14-27-20-29(37-30(27)18-26)17-23-12-15-28(16-13-23)35-21-24-7-3-1-4-8-24/h1-13,15-16,18,27,29,31H,14,17,19-22H2,(H,33,34). The largest absolute Gasteiger partial charge is 0.494 e. The summed E-state index contributed by atoms with van der Waals surface area (Å²) in [5.41, 5.74) is 4.28. The Morgan fingerprint density at radius 2 is 1.57 bits per heavy atom. The van der Waals surface area contributed by atoms with Crippen LogP contribution in [0, 0.1) is 5.92 Å². The summed E-state index contributed by atoms with van der Waals surface area (Å²) in [5, 5.41) is 9.67. The van der Waals surface area contributed by atoms with Crippen molar-refractivity contribution in [3.05, 3.63) is 125 Å². The molecular weight excluding hydrogens is 464 g/mol. The summed E-state index contributed by atoms with van der Waals surface area (Å²) >= 11 is 0. The monoisotopic (exact) mass is 496 g/mol. The first kappa shape index (κ1) is 24.8. The zero-order valence-electron chi connectivity index (χ0n) is 20.8. The van der Waals surface area contributed by atoms with Crippen molar-refractivity contribution in [3.63, 3.8) is 0 Å². The van der Waals surface area contributed by atoms with E-state index in [1.54, 1.807) is 0 Å². The van der Waals surface area contributed by atoms with Crippen LogP contribution in [-0.4, -0.2) is 23.3 Å². The fraction of sp³-hybridized carbons (Fsp3) is 0.281. The van der Waals surface area contributed by atoms with Crippen molar-refractivity contribution in [1.82, 2.24) is 0 Å². The number of benzene rings is 3. The second kappa shape index (κ2) is 11.9. The smallest absolute Gasteiger partial charge is 0.333 e. The number of rotatable bonds is 11. The van der Waals surface area contributed by atoms with Crippen LogP contribution in [-0.2, 0) is 33.9 Å². The summed E-state index contributed by atoms with van der Waals surface area (Å²) in [5.74, 6) is 1.24. The number of allylic oxidation sites excluding steroid dienone is 3. The lowest BCUT2D eigenvalue weighted by Gasteiger charge is -2.19. The lowest BCUT2D eigenvalue weighted by atomic mass is 9.90. The van der Waals surface area contributed by atoms with E-state index in [0.29, 0.717) is 18.9 Å². The third-order valence-electron chi connectivity index (χ3n) is 6.87. The highest BCUT2D eigenvalue weighted by Gasteiger charge is 2.33. The summed E-state index contributed by atoms with van der Waals surface area (Å²) < 4.78 is 17.9. The Balaban J connectivity index is 1.12. The van der Waals surface area contributed by atoms with Gasteiger partial charge in [0.15, 0.2) is 6.10 Å². The maximum atomic E-state index is 11.8. The summed E-state index contributed by atoms with van der Waals surface area (Å²) in [6, 6.07) is 28.0. The van der Waals surface area contributed by atoms with Gasteiger partial charge in [-0.05, 0) is 53.3 Å². The molecule has 3 atom stereocenters. The summed E-state index contributed by atoms with van der Waals surface area (Å²) in [6.07, 6.45) is 6.39. The average molecular weight is 497 g/mol. The maximum Gasteiger partial charge on any atom is 0.333 e. The lowest BCUT2D eigenvalue weighted by Crippen LogP contribution is -2.24. The minimum atomic E-state index is -0.946. The van der Waals surface area contributed by atoms with Crippen LogP contribution in [0.2, 0.25) is 0 Å². The second-order valence-corrected chi connectivity index (χ2v) is 9.68. The molecule has 5 heteroatoms. The van der Waals surface area contributed by atoms with Gasteiger partial charge in [-0.2, -0.15) is 0 Å². The van der Waals surface area contributed by atoms with Crippen LogP contribution in [0.25, 0.3) is 0 Å². The number of hydrogen-bond donors (Lipinski definition) is 1. The van der Waals surface area contributed by atoms with Gasteiger partial charge in [-0.15, -0.1) is 0 Å². The molecule has 5 rings (SSSR count). The minimum absolute atomic E-state index is 0.115. The Kier molecular flexibility index (Phi) is 8.02. The van der Waals surface area contributed by atoms with Gasteiger partial charge in [-0.25, -0.2) is 4.79 Å². The zero-order chi connectivity index (χ0) is 25.5. The first-order valence-electron chi connectivity index (χ1n) is 12.8. The molecule has 3 aromatic carbocycles. The third-order valence-corrected chi connectivity index (χ3v) is 6.87. The first-order valence-corrected chi connectivity index (χ1v) is 12.8. The van der Waals surface area contributed by atoms with Crippen molar-refractivity contribution >= 4 is 5.97 Å². The summed E-state index contributed by atoms with van der Waals surface area (Å²) in [7, 11) is 0. The Morgan fingerprint density at radius 3 is 2.24 bits per heavy atom. The van der Waals surface area contributed by atoms with Gasteiger partial charge >= 0.3 is 5.97 Å². The average Bonchev–Trinajstić information content (AvgIpc) is 3.33. The fourth-order valence-electron chi connectivity index (χ4n) is 4.87. The molecule has 1 aliphatic heterocycles. The second-order valence-electron chi connectivity index (χ2n) is 9.68. The fourth-order valence-corrected chi connectivity index (χ4v) is 4.87. The highest BCUT2D eigenvalue weighted by Crippen LogP contribution is 2.38. The van der Waals surface area contributed by atoms with Gasteiger partial charge < -0.3 is 19.3 Å². The predicted octanol–water partition coefficient (Wildman–Crippen LogP) is 6.49. The van der Waals surface area contributed by atoms with Crippen molar-refractivity contribution in [2.75, 3.05) is 0 Å². The molecule has 1 aliphatic carbocycles. The van der Waals surface area contributed by atoms with Crippen molar-refractivity contribution in [3.8, 4) is 5.75 Å². The number of aliphatic carboxylic acids is 1. The topological polar surface area (TPSA) is 65.0 Å². The van der Waals surface area contributed by atoms with Crippen molar-refractivity contribution in [2.45, 2.75) is 51.1 Å². The lowest BCUT2D eigenvalue weighted by molar-refractivity contribution is -0.151. The van der Waals surface area contributed by atoms with E-state index in [4.69, 9.17) is 14.2 Å². The molecule has 5 nitrogen and oxygen atoms in total. The number of ether oxygens (including phenoxy) is 3. The Morgan fingerprint density at radius 1 is 0.892 bits per heavy atom. The van der Waals surface area contributed by atoms with Crippen molar-refractivity contribution in [2.24, 2.45) is 5.92 Å². The Hall–Kier alpha value is -3.83. The molecule has 0 radical (unpaired) electrons. The van der Waals surface area contributed by atoms with Crippen LogP contribution in [0.4, 0.5) is 0 Å². The van der Waals surface area contributed by atoms with Crippen LogP contribution in [0.5, 0.6) is 5.75 Å². The molecule has 1 saturated heterocycles.